The molecule has 1 atom stereocenters. The average Bonchev–Trinajstić information content (AvgIpc) is 3.24. The normalized spacial score (nSPS) is 18.6. The summed E-state index contributed by atoms with van der Waals surface area (Å²) < 4.78 is 5.31. The zero-order valence-corrected chi connectivity index (χ0v) is 14.7. The molecule has 0 saturated carbocycles. The lowest BCUT2D eigenvalue weighted by Gasteiger charge is -2.30. The Kier molecular flexibility index (Phi) is 4.69. The fraction of sp³-hybridized carbons (Fsp3) is 0.647. The van der Waals surface area contributed by atoms with Gasteiger partial charge in [0.25, 0.3) is 5.91 Å². The number of H-pyrrole nitrogens is 1. The lowest BCUT2D eigenvalue weighted by molar-refractivity contribution is 0.0697. The van der Waals surface area contributed by atoms with E-state index in [4.69, 9.17) is 4.52 Å². The third-order valence-electron chi connectivity index (χ3n) is 4.46. The van der Waals surface area contributed by atoms with Crippen LogP contribution in [0.5, 0.6) is 0 Å². The molecule has 1 aliphatic rings. The van der Waals surface area contributed by atoms with E-state index in [-0.39, 0.29) is 17.7 Å². The van der Waals surface area contributed by atoms with E-state index in [1.807, 2.05) is 24.8 Å². The number of aromatic nitrogens is 4. The molecular weight excluding hydrogens is 306 g/mol. The largest absolute Gasteiger partial charge is 0.339 e. The van der Waals surface area contributed by atoms with E-state index >= 15 is 0 Å². The van der Waals surface area contributed by atoms with E-state index in [1.165, 1.54) is 0 Å². The van der Waals surface area contributed by atoms with Gasteiger partial charge >= 0.3 is 0 Å². The van der Waals surface area contributed by atoms with Crippen molar-refractivity contribution in [3.63, 3.8) is 0 Å². The number of piperidine rings is 1. The van der Waals surface area contributed by atoms with Crippen molar-refractivity contribution in [1.82, 2.24) is 25.2 Å². The van der Waals surface area contributed by atoms with Crippen LogP contribution in [-0.2, 0) is 0 Å². The molecule has 24 heavy (non-hydrogen) atoms. The summed E-state index contributed by atoms with van der Waals surface area (Å²) >= 11 is 0. The van der Waals surface area contributed by atoms with E-state index in [2.05, 4.69) is 34.2 Å². The van der Waals surface area contributed by atoms with Crippen LogP contribution in [0.15, 0.2) is 10.6 Å². The monoisotopic (exact) mass is 331 g/mol. The van der Waals surface area contributed by atoms with Crippen molar-refractivity contribution < 1.29 is 9.32 Å². The molecule has 1 aliphatic heterocycles. The second-order valence-corrected chi connectivity index (χ2v) is 7.10. The Bertz CT molecular complexity index is 703. The molecule has 0 bridgehead atoms. The van der Waals surface area contributed by atoms with Crippen LogP contribution in [0.3, 0.4) is 0 Å². The molecule has 0 spiro atoms. The summed E-state index contributed by atoms with van der Waals surface area (Å²) in [5, 5.41) is 11.2. The molecule has 1 N–H and O–H groups in total. The van der Waals surface area contributed by atoms with Crippen molar-refractivity contribution in [3.05, 3.63) is 29.2 Å². The smallest absolute Gasteiger partial charge is 0.274 e. The zero-order valence-electron chi connectivity index (χ0n) is 14.7. The standard InChI is InChI=1S/C17H25N5O2/c1-10(2)13-8-14(20-19-13)17(23)22-7-5-6-12(9-22)15-18-16(11(3)4)24-21-15/h8,10-12H,5-7,9H2,1-4H3,(H,19,20). The maximum absolute atomic E-state index is 12.7. The Morgan fingerprint density at radius 2 is 2.12 bits per heavy atom. The minimum Gasteiger partial charge on any atom is -0.339 e. The van der Waals surface area contributed by atoms with Crippen LogP contribution in [0.1, 0.15) is 86.2 Å². The van der Waals surface area contributed by atoms with Crippen molar-refractivity contribution in [3.8, 4) is 0 Å². The van der Waals surface area contributed by atoms with Crippen LogP contribution in [-0.4, -0.2) is 44.2 Å². The summed E-state index contributed by atoms with van der Waals surface area (Å²) in [6.07, 6.45) is 1.90. The van der Waals surface area contributed by atoms with Gasteiger partial charge < -0.3 is 9.42 Å². The minimum absolute atomic E-state index is 0.0320. The first kappa shape index (κ1) is 16.7. The van der Waals surface area contributed by atoms with Crippen molar-refractivity contribution in [1.29, 1.82) is 0 Å². The molecule has 2 aromatic heterocycles. The van der Waals surface area contributed by atoms with Gasteiger partial charge in [-0.15, -0.1) is 0 Å². The van der Waals surface area contributed by atoms with Gasteiger partial charge in [0.15, 0.2) is 5.82 Å². The summed E-state index contributed by atoms with van der Waals surface area (Å²) in [5.41, 5.74) is 1.46. The van der Waals surface area contributed by atoms with Crippen LogP contribution in [0.25, 0.3) is 0 Å². The van der Waals surface area contributed by atoms with Gasteiger partial charge in [0.1, 0.15) is 5.69 Å². The molecule has 1 saturated heterocycles. The second kappa shape index (κ2) is 6.75. The van der Waals surface area contributed by atoms with Crippen molar-refractivity contribution >= 4 is 5.91 Å². The maximum atomic E-state index is 12.7. The Hall–Kier alpha value is -2.18. The number of amides is 1. The van der Waals surface area contributed by atoms with Gasteiger partial charge in [-0.25, -0.2) is 0 Å². The molecule has 1 unspecified atom stereocenters. The molecular formula is C17H25N5O2. The van der Waals surface area contributed by atoms with Gasteiger partial charge in [-0.2, -0.15) is 10.1 Å². The summed E-state index contributed by atoms with van der Waals surface area (Å²) in [5.74, 6) is 1.99. The molecule has 130 valence electrons. The number of hydrogen-bond donors (Lipinski definition) is 1. The van der Waals surface area contributed by atoms with Crippen LogP contribution < -0.4 is 0 Å². The highest BCUT2D eigenvalue weighted by Gasteiger charge is 2.29. The van der Waals surface area contributed by atoms with Gasteiger partial charge in [-0.3, -0.25) is 9.89 Å². The molecule has 3 rings (SSSR count). The van der Waals surface area contributed by atoms with E-state index in [0.717, 1.165) is 25.1 Å². The predicted octanol–water partition coefficient (Wildman–Crippen LogP) is 3.06. The maximum Gasteiger partial charge on any atom is 0.274 e. The fourth-order valence-corrected chi connectivity index (χ4v) is 2.92. The molecule has 0 radical (unpaired) electrons. The van der Waals surface area contributed by atoms with Crippen LogP contribution >= 0.6 is 0 Å². The first-order chi connectivity index (χ1) is 11.5. The predicted molar refractivity (Wildman–Crippen MR) is 88.9 cm³/mol. The Balaban J connectivity index is 1.71. The van der Waals surface area contributed by atoms with Crippen molar-refractivity contribution in [2.75, 3.05) is 13.1 Å². The van der Waals surface area contributed by atoms with E-state index in [1.54, 1.807) is 0 Å². The van der Waals surface area contributed by atoms with Gasteiger partial charge in [-0.1, -0.05) is 32.9 Å². The van der Waals surface area contributed by atoms with E-state index < -0.39 is 0 Å². The zero-order chi connectivity index (χ0) is 17.3. The molecule has 0 aromatic carbocycles. The van der Waals surface area contributed by atoms with Crippen molar-refractivity contribution in [2.45, 2.75) is 58.3 Å². The number of hydrogen-bond acceptors (Lipinski definition) is 5. The van der Waals surface area contributed by atoms with Crippen LogP contribution in [0.4, 0.5) is 0 Å². The van der Waals surface area contributed by atoms with E-state index in [0.29, 0.717) is 29.9 Å². The summed E-state index contributed by atoms with van der Waals surface area (Å²) in [7, 11) is 0. The SMILES string of the molecule is CC(C)c1cc(C(=O)N2CCCC(c3noc(C(C)C)n3)C2)n[nH]1. The molecule has 0 aliphatic carbocycles. The van der Waals surface area contributed by atoms with Gasteiger partial charge in [0, 0.05) is 30.6 Å². The summed E-state index contributed by atoms with van der Waals surface area (Å²) in [6, 6.07) is 1.85. The van der Waals surface area contributed by atoms with Gasteiger partial charge in [-0.05, 0) is 24.8 Å². The molecule has 1 fully saturated rings. The fourth-order valence-electron chi connectivity index (χ4n) is 2.92. The molecule has 2 aromatic rings. The number of aromatic amines is 1. The molecule has 3 heterocycles. The third kappa shape index (κ3) is 3.34. The number of likely N-dealkylation sites (tertiary alicyclic amines) is 1. The molecule has 7 heteroatoms. The summed E-state index contributed by atoms with van der Waals surface area (Å²) in [6.45, 7) is 9.55. The lowest BCUT2D eigenvalue weighted by atomic mass is 9.97. The highest BCUT2D eigenvalue weighted by atomic mass is 16.5. The first-order valence-electron chi connectivity index (χ1n) is 8.63. The topological polar surface area (TPSA) is 87.9 Å². The van der Waals surface area contributed by atoms with Gasteiger partial charge in [0.05, 0.1) is 0 Å². The van der Waals surface area contributed by atoms with Crippen LogP contribution in [0, 0.1) is 0 Å². The average molecular weight is 331 g/mol. The van der Waals surface area contributed by atoms with Gasteiger partial charge in [0.2, 0.25) is 5.89 Å². The molecule has 7 nitrogen and oxygen atoms in total. The summed E-state index contributed by atoms with van der Waals surface area (Å²) in [4.78, 5) is 19.0. The number of rotatable bonds is 4. The van der Waals surface area contributed by atoms with Crippen molar-refractivity contribution in [2.24, 2.45) is 0 Å². The second-order valence-electron chi connectivity index (χ2n) is 7.10. The number of nitrogens with zero attached hydrogens (tertiary/aromatic N) is 4. The number of carbonyl (C=O) groups is 1. The quantitative estimate of drug-likeness (QED) is 0.930. The number of carbonyl (C=O) groups excluding carboxylic acids is 1. The Morgan fingerprint density at radius 1 is 1.33 bits per heavy atom. The Morgan fingerprint density at radius 3 is 2.75 bits per heavy atom. The Labute approximate surface area is 141 Å². The minimum atomic E-state index is -0.0320. The highest BCUT2D eigenvalue weighted by molar-refractivity contribution is 5.92. The molecule has 1 amide bonds. The highest BCUT2D eigenvalue weighted by Crippen LogP contribution is 2.27. The lowest BCUT2D eigenvalue weighted by Crippen LogP contribution is -2.39. The van der Waals surface area contributed by atoms with E-state index in [9.17, 15) is 4.79 Å². The third-order valence-corrected chi connectivity index (χ3v) is 4.46. The first-order valence-corrected chi connectivity index (χ1v) is 8.63. The van der Waals surface area contributed by atoms with Crippen LogP contribution in [0.2, 0.25) is 0 Å². The number of nitrogens with one attached hydrogen (secondary N) is 1.